The molecule has 0 saturated heterocycles. The molecule has 2 heterocycles. The average molecular weight is 339 g/mol. The number of benzene rings is 2. The fourth-order valence-electron chi connectivity index (χ4n) is 2.90. The summed E-state index contributed by atoms with van der Waals surface area (Å²) in [6.45, 7) is -0.194. The number of phenolic OH excluding ortho intramolecular Hbond substituents is 2. The van der Waals surface area contributed by atoms with Gasteiger partial charge in [-0.2, -0.15) is 0 Å². The summed E-state index contributed by atoms with van der Waals surface area (Å²) in [5.41, 5.74) is -0.409. The lowest BCUT2D eigenvalue weighted by Crippen LogP contribution is -2.29. The Bertz CT molecular complexity index is 1010. The van der Waals surface area contributed by atoms with Crippen molar-refractivity contribution < 1.29 is 24.2 Å². The van der Waals surface area contributed by atoms with Gasteiger partial charge in [0.05, 0.1) is 6.54 Å². The maximum absolute atomic E-state index is 13.3. The number of aromatic hydroxyl groups is 2. The molecule has 0 fully saturated rings. The Morgan fingerprint density at radius 1 is 0.960 bits per heavy atom. The molecule has 4 rings (SSSR count). The maximum Gasteiger partial charge on any atom is 0.265 e. The molecule has 124 valence electrons. The second-order valence-electron chi connectivity index (χ2n) is 5.53. The first-order valence-corrected chi connectivity index (χ1v) is 7.28. The van der Waals surface area contributed by atoms with Gasteiger partial charge in [0.15, 0.2) is 11.5 Å². The molecule has 0 atom stereocenters. The number of hydrogen-bond donors (Lipinski definition) is 2. The number of carbonyl (C=O) groups is 2. The fraction of sp³-hybridized carbons (Fsp3) is 0.0588. The number of rotatable bonds is 2. The van der Waals surface area contributed by atoms with E-state index in [0.29, 0.717) is 5.56 Å². The smallest absolute Gasteiger partial charge is 0.265 e. The Kier molecular flexibility index (Phi) is 3.14. The molecule has 1 aliphatic heterocycles. The molecule has 0 radical (unpaired) electrons. The molecule has 7 nitrogen and oxygen atoms in total. The molecular formula is C17H10FN3O4. The molecule has 3 aromatic rings. The Hall–Kier alpha value is -3.55. The topological polar surface area (TPSA) is 104 Å². The molecule has 0 saturated carbocycles. The lowest BCUT2D eigenvalue weighted by atomic mass is 10.1. The third-order valence-corrected chi connectivity index (χ3v) is 4.02. The van der Waals surface area contributed by atoms with Crippen LogP contribution in [-0.4, -0.2) is 36.9 Å². The zero-order valence-corrected chi connectivity index (χ0v) is 12.6. The molecule has 2 N–H and O–H groups in total. The standard InChI is InChI=1S/C17H10FN3O4/c18-9-3-1-2-8(6-9)7-21-16(24)10-11(17(21)25)15(23)13-12(14(10)22)19-4-5-20-13/h1-6,22-23H,7H2. The number of halogens is 1. The summed E-state index contributed by atoms with van der Waals surface area (Å²) < 4.78 is 13.3. The summed E-state index contributed by atoms with van der Waals surface area (Å²) in [6, 6.07) is 5.46. The summed E-state index contributed by atoms with van der Waals surface area (Å²) >= 11 is 0. The molecule has 2 aromatic carbocycles. The highest BCUT2D eigenvalue weighted by atomic mass is 19.1. The van der Waals surface area contributed by atoms with E-state index in [1.165, 1.54) is 30.6 Å². The molecule has 1 aromatic heterocycles. The summed E-state index contributed by atoms with van der Waals surface area (Å²) in [5, 5.41) is 20.7. The largest absolute Gasteiger partial charge is 0.505 e. The lowest BCUT2D eigenvalue weighted by molar-refractivity contribution is 0.0641. The van der Waals surface area contributed by atoms with Crippen LogP contribution in [0.25, 0.3) is 11.0 Å². The summed E-state index contributed by atoms with van der Waals surface area (Å²) in [6.07, 6.45) is 2.58. The van der Waals surface area contributed by atoms with Gasteiger partial charge in [0.1, 0.15) is 28.0 Å². The van der Waals surface area contributed by atoms with Crippen molar-refractivity contribution in [3.05, 3.63) is 59.2 Å². The second-order valence-corrected chi connectivity index (χ2v) is 5.53. The van der Waals surface area contributed by atoms with Crippen LogP contribution in [0.1, 0.15) is 26.3 Å². The zero-order chi connectivity index (χ0) is 17.7. The predicted molar refractivity (Wildman–Crippen MR) is 83.5 cm³/mol. The highest BCUT2D eigenvalue weighted by molar-refractivity contribution is 6.26. The predicted octanol–water partition coefficient (Wildman–Crippen LogP) is 1.98. The molecular weight excluding hydrogens is 329 g/mol. The lowest BCUT2D eigenvalue weighted by Gasteiger charge is -2.13. The van der Waals surface area contributed by atoms with Crippen molar-refractivity contribution in [1.82, 2.24) is 14.9 Å². The zero-order valence-electron chi connectivity index (χ0n) is 12.6. The van der Waals surface area contributed by atoms with Gasteiger partial charge in [0.25, 0.3) is 11.8 Å². The van der Waals surface area contributed by atoms with Crippen LogP contribution in [0.4, 0.5) is 4.39 Å². The van der Waals surface area contributed by atoms with Crippen molar-refractivity contribution in [2.24, 2.45) is 0 Å². The van der Waals surface area contributed by atoms with Crippen LogP contribution in [0, 0.1) is 5.82 Å². The first kappa shape index (κ1) is 15.0. The Labute approximate surface area is 140 Å². The minimum absolute atomic E-state index is 0.0764. The first-order valence-electron chi connectivity index (χ1n) is 7.28. The SMILES string of the molecule is O=C1c2c(c(O)c3nccnc3c2O)C(=O)N1Cc1cccc(F)c1. The minimum Gasteiger partial charge on any atom is -0.505 e. The van der Waals surface area contributed by atoms with Crippen LogP contribution in [0.2, 0.25) is 0 Å². The van der Waals surface area contributed by atoms with E-state index in [2.05, 4.69) is 9.97 Å². The number of aromatic nitrogens is 2. The van der Waals surface area contributed by atoms with E-state index < -0.39 is 29.1 Å². The van der Waals surface area contributed by atoms with E-state index in [9.17, 15) is 24.2 Å². The number of imide groups is 1. The number of hydrogen-bond acceptors (Lipinski definition) is 6. The molecule has 8 heteroatoms. The molecule has 0 spiro atoms. The Morgan fingerprint density at radius 3 is 2.04 bits per heavy atom. The summed E-state index contributed by atoms with van der Waals surface area (Å²) in [4.78, 5) is 33.8. The molecule has 0 unspecified atom stereocenters. The van der Waals surface area contributed by atoms with E-state index in [0.717, 1.165) is 4.90 Å². The van der Waals surface area contributed by atoms with Crippen LogP contribution in [0.5, 0.6) is 11.5 Å². The third-order valence-electron chi connectivity index (χ3n) is 4.02. The number of amides is 2. The van der Waals surface area contributed by atoms with Crippen LogP contribution in [0.3, 0.4) is 0 Å². The summed E-state index contributed by atoms with van der Waals surface area (Å²) in [7, 11) is 0. The quantitative estimate of drug-likeness (QED) is 0.546. The van der Waals surface area contributed by atoms with Crippen LogP contribution in [0.15, 0.2) is 36.7 Å². The van der Waals surface area contributed by atoms with E-state index in [-0.39, 0.29) is 28.7 Å². The van der Waals surface area contributed by atoms with Crippen LogP contribution in [-0.2, 0) is 6.54 Å². The van der Waals surface area contributed by atoms with Gasteiger partial charge in [0, 0.05) is 12.4 Å². The fourth-order valence-corrected chi connectivity index (χ4v) is 2.90. The van der Waals surface area contributed by atoms with Crippen molar-refractivity contribution in [1.29, 1.82) is 0 Å². The van der Waals surface area contributed by atoms with Crippen molar-refractivity contribution in [2.45, 2.75) is 6.54 Å². The van der Waals surface area contributed by atoms with Gasteiger partial charge in [-0.3, -0.25) is 14.5 Å². The Morgan fingerprint density at radius 2 is 1.52 bits per heavy atom. The number of carbonyl (C=O) groups excluding carboxylic acids is 2. The maximum atomic E-state index is 13.3. The van der Waals surface area contributed by atoms with Crippen molar-refractivity contribution in [3.8, 4) is 11.5 Å². The number of fused-ring (bicyclic) bond motifs is 2. The molecule has 0 bridgehead atoms. The minimum atomic E-state index is -0.787. The third kappa shape index (κ3) is 2.11. The Balaban J connectivity index is 1.86. The van der Waals surface area contributed by atoms with Crippen LogP contribution < -0.4 is 0 Å². The van der Waals surface area contributed by atoms with Gasteiger partial charge in [-0.1, -0.05) is 12.1 Å². The first-order chi connectivity index (χ1) is 12.0. The molecule has 2 amide bonds. The van der Waals surface area contributed by atoms with Gasteiger partial charge < -0.3 is 10.2 Å². The van der Waals surface area contributed by atoms with E-state index in [4.69, 9.17) is 0 Å². The normalized spacial score (nSPS) is 13.6. The monoisotopic (exact) mass is 339 g/mol. The van der Waals surface area contributed by atoms with Crippen LogP contribution >= 0.6 is 0 Å². The average Bonchev–Trinajstić information content (AvgIpc) is 2.85. The van der Waals surface area contributed by atoms with Crippen molar-refractivity contribution in [3.63, 3.8) is 0 Å². The van der Waals surface area contributed by atoms with E-state index in [1.807, 2.05) is 0 Å². The molecule has 25 heavy (non-hydrogen) atoms. The number of nitrogens with zero attached hydrogens (tertiary/aromatic N) is 3. The van der Waals surface area contributed by atoms with Crippen molar-refractivity contribution >= 4 is 22.8 Å². The van der Waals surface area contributed by atoms with Crippen molar-refractivity contribution in [2.75, 3.05) is 0 Å². The van der Waals surface area contributed by atoms with Gasteiger partial charge in [0.2, 0.25) is 0 Å². The van der Waals surface area contributed by atoms with Gasteiger partial charge in [-0.25, -0.2) is 14.4 Å². The number of phenols is 2. The second kappa shape index (κ2) is 5.23. The van der Waals surface area contributed by atoms with E-state index in [1.54, 1.807) is 6.07 Å². The van der Waals surface area contributed by atoms with Gasteiger partial charge in [-0.05, 0) is 17.7 Å². The highest BCUT2D eigenvalue weighted by Crippen LogP contribution is 2.42. The molecule has 1 aliphatic rings. The van der Waals surface area contributed by atoms with Gasteiger partial charge >= 0.3 is 0 Å². The summed E-state index contributed by atoms with van der Waals surface area (Å²) in [5.74, 6) is -3.11. The highest BCUT2D eigenvalue weighted by Gasteiger charge is 2.42. The van der Waals surface area contributed by atoms with E-state index >= 15 is 0 Å². The van der Waals surface area contributed by atoms with Gasteiger partial charge in [-0.15, -0.1) is 0 Å². The molecule has 0 aliphatic carbocycles.